The molecular weight excluding hydrogens is 176 g/mol. The van der Waals surface area contributed by atoms with Crippen LogP contribution in [-0.2, 0) is 0 Å². The average Bonchev–Trinajstić information content (AvgIpc) is 2.28. The van der Waals surface area contributed by atoms with E-state index in [9.17, 15) is 10.2 Å². The maximum absolute atomic E-state index is 10.1. The Morgan fingerprint density at radius 3 is 2.07 bits per heavy atom. The van der Waals surface area contributed by atoms with Gasteiger partial charge in [-0.05, 0) is 18.4 Å². The predicted molar refractivity (Wildman–Crippen MR) is 56.9 cm³/mol. The van der Waals surface area contributed by atoms with Crippen LogP contribution in [0.1, 0.15) is 38.4 Å². The van der Waals surface area contributed by atoms with E-state index in [1.54, 1.807) is 0 Å². The van der Waals surface area contributed by atoms with Crippen LogP contribution in [0.4, 0.5) is 0 Å². The summed E-state index contributed by atoms with van der Waals surface area (Å²) in [6.07, 6.45) is 0.317. The fourth-order valence-corrected chi connectivity index (χ4v) is 1.58. The summed E-state index contributed by atoms with van der Waals surface area (Å²) in [4.78, 5) is 0. The van der Waals surface area contributed by atoms with Crippen molar-refractivity contribution in [1.29, 1.82) is 0 Å². The van der Waals surface area contributed by atoms with Crippen molar-refractivity contribution in [2.75, 3.05) is 0 Å². The molecule has 0 heterocycles. The van der Waals surface area contributed by atoms with E-state index in [0.717, 1.165) is 5.56 Å². The molecule has 0 spiro atoms. The fourth-order valence-electron chi connectivity index (χ4n) is 1.58. The van der Waals surface area contributed by atoms with Crippen LogP contribution < -0.4 is 0 Å². The molecule has 0 aliphatic carbocycles. The third-order valence-electron chi connectivity index (χ3n) is 2.85. The second-order valence-electron chi connectivity index (χ2n) is 3.62. The molecule has 0 saturated carbocycles. The van der Waals surface area contributed by atoms with Crippen molar-refractivity contribution < 1.29 is 10.2 Å². The molecule has 2 heteroatoms. The molecule has 2 N–H and O–H groups in total. The topological polar surface area (TPSA) is 40.5 Å². The molecule has 0 bridgehead atoms. The zero-order chi connectivity index (χ0) is 10.6. The first-order valence-electron chi connectivity index (χ1n) is 5.09. The van der Waals surface area contributed by atoms with Gasteiger partial charge >= 0.3 is 0 Å². The normalized spacial score (nSPS) is 14.0. The highest BCUT2D eigenvalue weighted by molar-refractivity contribution is 5.20. The Balaban J connectivity index is 2.89. The van der Waals surface area contributed by atoms with Gasteiger partial charge in [0, 0.05) is 0 Å². The Morgan fingerprint density at radius 1 is 1.14 bits per heavy atom. The lowest BCUT2D eigenvalue weighted by atomic mass is 9.86. The maximum Gasteiger partial charge on any atom is 0.108 e. The molecule has 0 aromatic heterocycles. The van der Waals surface area contributed by atoms with Crippen molar-refractivity contribution in [1.82, 2.24) is 0 Å². The SMILES string of the molecule is CCC(O)(CC)C(O)c1ccccc1. The van der Waals surface area contributed by atoms with E-state index in [4.69, 9.17) is 0 Å². The quantitative estimate of drug-likeness (QED) is 0.772. The standard InChI is InChI=1S/C12H18O2/c1-3-12(14,4-2)11(13)10-8-6-5-7-9-10/h5-9,11,13-14H,3-4H2,1-2H3. The second kappa shape index (κ2) is 4.58. The highest BCUT2D eigenvalue weighted by atomic mass is 16.3. The van der Waals surface area contributed by atoms with Crippen molar-refractivity contribution in [3.63, 3.8) is 0 Å². The Bertz CT molecular complexity index is 265. The minimum absolute atomic E-state index is 0.555. The molecule has 1 atom stereocenters. The van der Waals surface area contributed by atoms with Crippen LogP contribution in [0, 0.1) is 0 Å². The van der Waals surface area contributed by atoms with Crippen molar-refractivity contribution in [3.05, 3.63) is 35.9 Å². The van der Waals surface area contributed by atoms with Crippen molar-refractivity contribution in [3.8, 4) is 0 Å². The lowest BCUT2D eigenvalue weighted by molar-refractivity contribution is -0.0820. The summed E-state index contributed by atoms with van der Waals surface area (Å²) in [5.41, 5.74) is -0.222. The van der Waals surface area contributed by atoms with Crippen LogP contribution in [0.3, 0.4) is 0 Å². The Morgan fingerprint density at radius 2 is 1.64 bits per heavy atom. The van der Waals surface area contributed by atoms with Crippen LogP contribution in [0.15, 0.2) is 30.3 Å². The van der Waals surface area contributed by atoms with E-state index in [0.29, 0.717) is 12.8 Å². The lowest BCUT2D eigenvalue weighted by Crippen LogP contribution is -2.34. The zero-order valence-electron chi connectivity index (χ0n) is 8.77. The van der Waals surface area contributed by atoms with Gasteiger partial charge in [0.1, 0.15) is 6.10 Å². The summed E-state index contributed by atoms with van der Waals surface area (Å²) in [6, 6.07) is 9.30. The summed E-state index contributed by atoms with van der Waals surface area (Å²) >= 11 is 0. The van der Waals surface area contributed by atoms with Gasteiger partial charge in [-0.2, -0.15) is 0 Å². The first-order chi connectivity index (χ1) is 6.64. The number of aliphatic hydroxyl groups is 2. The molecule has 1 rings (SSSR count). The fraction of sp³-hybridized carbons (Fsp3) is 0.500. The summed E-state index contributed by atoms with van der Waals surface area (Å²) in [6.45, 7) is 3.77. The Hall–Kier alpha value is -0.860. The van der Waals surface area contributed by atoms with E-state index >= 15 is 0 Å². The molecule has 2 nitrogen and oxygen atoms in total. The van der Waals surface area contributed by atoms with Crippen LogP contribution in [0.2, 0.25) is 0 Å². The highest BCUT2D eigenvalue weighted by Crippen LogP contribution is 2.31. The predicted octanol–water partition coefficient (Wildman–Crippen LogP) is 2.27. The minimum atomic E-state index is -0.999. The van der Waals surface area contributed by atoms with Gasteiger partial charge in [0.15, 0.2) is 0 Å². The van der Waals surface area contributed by atoms with E-state index in [2.05, 4.69) is 0 Å². The van der Waals surface area contributed by atoms with Gasteiger partial charge in [0.2, 0.25) is 0 Å². The number of hydrogen-bond donors (Lipinski definition) is 2. The molecule has 14 heavy (non-hydrogen) atoms. The first kappa shape index (κ1) is 11.2. The van der Waals surface area contributed by atoms with E-state index in [1.807, 2.05) is 44.2 Å². The summed E-state index contributed by atoms with van der Waals surface area (Å²) in [5, 5.41) is 20.1. The molecule has 1 unspecified atom stereocenters. The number of rotatable bonds is 4. The lowest BCUT2D eigenvalue weighted by Gasteiger charge is -2.31. The molecule has 0 saturated heterocycles. The third-order valence-corrected chi connectivity index (χ3v) is 2.85. The molecule has 0 aliphatic rings. The molecule has 78 valence electrons. The molecule has 0 amide bonds. The minimum Gasteiger partial charge on any atom is -0.387 e. The monoisotopic (exact) mass is 194 g/mol. The maximum atomic E-state index is 10.1. The van der Waals surface area contributed by atoms with Gasteiger partial charge in [-0.25, -0.2) is 0 Å². The summed E-state index contributed by atoms with van der Waals surface area (Å²) in [7, 11) is 0. The Labute approximate surface area is 85.2 Å². The van der Waals surface area contributed by atoms with Gasteiger partial charge < -0.3 is 10.2 Å². The van der Waals surface area contributed by atoms with Crippen LogP contribution in [0.25, 0.3) is 0 Å². The summed E-state index contributed by atoms with van der Waals surface area (Å²) in [5.74, 6) is 0. The molecule has 0 fully saturated rings. The number of aliphatic hydroxyl groups excluding tert-OH is 1. The van der Waals surface area contributed by atoms with Crippen molar-refractivity contribution in [2.45, 2.75) is 38.4 Å². The summed E-state index contributed by atoms with van der Waals surface area (Å²) < 4.78 is 0. The molecule has 1 aromatic carbocycles. The van der Waals surface area contributed by atoms with Gasteiger partial charge in [-0.1, -0.05) is 44.2 Å². The smallest absolute Gasteiger partial charge is 0.108 e. The van der Waals surface area contributed by atoms with E-state index in [-0.39, 0.29) is 0 Å². The Kier molecular flexibility index (Phi) is 3.67. The van der Waals surface area contributed by atoms with Gasteiger partial charge in [0.05, 0.1) is 5.60 Å². The van der Waals surface area contributed by atoms with Gasteiger partial charge in [-0.3, -0.25) is 0 Å². The van der Waals surface area contributed by atoms with Crippen LogP contribution in [-0.4, -0.2) is 15.8 Å². The van der Waals surface area contributed by atoms with Crippen LogP contribution >= 0.6 is 0 Å². The third kappa shape index (κ3) is 2.14. The molecular formula is C12H18O2. The largest absolute Gasteiger partial charge is 0.387 e. The molecule has 1 aromatic rings. The highest BCUT2D eigenvalue weighted by Gasteiger charge is 2.32. The van der Waals surface area contributed by atoms with Gasteiger partial charge in [-0.15, -0.1) is 0 Å². The first-order valence-corrected chi connectivity index (χ1v) is 5.09. The second-order valence-corrected chi connectivity index (χ2v) is 3.62. The number of benzene rings is 1. The molecule has 0 radical (unpaired) electrons. The van der Waals surface area contributed by atoms with E-state index in [1.165, 1.54) is 0 Å². The van der Waals surface area contributed by atoms with Crippen molar-refractivity contribution in [2.24, 2.45) is 0 Å². The van der Waals surface area contributed by atoms with Gasteiger partial charge in [0.25, 0.3) is 0 Å². The zero-order valence-corrected chi connectivity index (χ0v) is 8.77. The average molecular weight is 194 g/mol. The molecule has 0 aliphatic heterocycles. The van der Waals surface area contributed by atoms with E-state index < -0.39 is 11.7 Å². The van der Waals surface area contributed by atoms with Crippen molar-refractivity contribution >= 4 is 0 Å². The van der Waals surface area contributed by atoms with Crippen LogP contribution in [0.5, 0.6) is 0 Å². The number of hydrogen-bond acceptors (Lipinski definition) is 2.